The van der Waals surface area contributed by atoms with Crippen molar-refractivity contribution in [3.05, 3.63) is 80.7 Å². The van der Waals surface area contributed by atoms with Crippen molar-refractivity contribution in [1.29, 1.82) is 0 Å². The maximum atomic E-state index is 12.8. The van der Waals surface area contributed by atoms with Crippen LogP contribution in [0, 0.1) is 10.1 Å². The van der Waals surface area contributed by atoms with Crippen molar-refractivity contribution in [3.8, 4) is 10.6 Å². The van der Waals surface area contributed by atoms with Crippen LogP contribution in [0.5, 0.6) is 0 Å². The summed E-state index contributed by atoms with van der Waals surface area (Å²) in [5.41, 5.74) is 4.02. The van der Waals surface area contributed by atoms with E-state index in [0.29, 0.717) is 0 Å². The molecule has 0 bridgehead atoms. The van der Waals surface area contributed by atoms with Gasteiger partial charge in [0.15, 0.2) is 0 Å². The van der Waals surface area contributed by atoms with E-state index in [2.05, 4.69) is 23.2 Å². The molecule has 0 radical (unpaired) electrons. The number of anilines is 1. The number of nitro benzene ring substituents is 1. The fraction of sp³-hybridized carbons (Fsp3) is 0.200. The number of nitro groups is 1. The molecule has 1 N–H and O–H groups in total. The monoisotopic (exact) mass is 490 g/mol. The van der Waals surface area contributed by atoms with Crippen LogP contribution in [0.15, 0.2) is 54.6 Å². The molecule has 4 aromatic rings. The quantitative estimate of drug-likeness (QED) is 0.205. The summed E-state index contributed by atoms with van der Waals surface area (Å²) in [5, 5.41) is 15.7. The van der Waals surface area contributed by atoms with Gasteiger partial charge in [0.25, 0.3) is 5.69 Å². The normalized spacial score (nSPS) is 13.9. The van der Waals surface area contributed by atoms with Gasteiger partial charge in [0.2, 0.25) is 5.91 Å². The number of aromatic nitrogens is 1. The third-order valence-electron chi connectivity index (χ3n) is 5.86. The van der Waals surface area contributed by atoms with Gasteiger partial charge < -0.3 is 5.32 Å². The van der Waals surface area contributed by atoms with Gasteiger partial charge in [0.05, 0.1) is 15.1 Å². The summed E-state index contributed by atoms with van der Waals surface area (Å²) in [7, 11) is 0. The second-order valence-electron chi connectivity index (χ2n) is 7.98. The predicted octanol–water partition coefficient (Wildman–Crippen LogP) is 5.96. The molecule has 0 fully saturated rings. The lowest BCUT2D eigenvalue weighted by Gasteiger charge is -2.25. The molecule has 0 unspecified atom stereocenters. The topological polar surface area (TPSA) is 88.4 Å². The lowest BCUT2D eigenvalue weighted by atomic mass is 10.0. The van der Waals surface area contributed by atoms with Gasteiger partial charge in [0.1, 0.15) is 10.0 Å². The molecule has 1 aliphatic rings. The Hall–Kier alpha value is -3.40. The molecule has 5 rings (SSSR count). The zero-order chi connectivity index (χ0) is 23.7. The summed E-state index contributed by atoms with van der Waals surface area (Å²) >= 11 is 3.27. The first kappa shape index (κ1) is 22.4. The Kier molecular flexibility index (Phi) is 6.23. The van der Waals surface area contributed by atoms with Crippen LogP contribution in [0.3, 0.4) is 0 Å². The fourth-order valence-corrected chi connectivity index (χ4v) is 6.46. The van der Waals surface area contributed by atoms with Crippen LogP contribution in [0.2, 0.25) is 0 Å². The van der Waals surface area contributed by atoms with E-state index < -0.39 is 4.92 Å². The number of hydrogen-bond donors (Lipinski definition) is 1. The summed E-state index contributed by atoms with van der Waals surface area (Å²) in [4.78, 5) is 31.8. The van der Waals surface area contributed by atoms with Gasteiger partial charge in [0, 0.05) is 41.7 Å². The van der Waals surface area contributed by atoms with Crippen LogP contribution >= 0.6 is 22.7 Å². The van der Waals surface area contributed by atoms with Gasteiger partial charge in [-0.3, -0.25) is 19.8 Å². The number of non-ortho nitro benzene ring substituents is 1. The number of thiophene rings is 1. The number of hydrogen-bond acceptors (Lipinski definition) is 7. The van der Waals surface area contributed by atoms with Gasteiger partial charge in [-0.1, -0.05) is 19.1 Å². The smallest absolute Gasteiger partial charge is 0.269 e. The molecule has 2 aromatic heterocycles. The molecule has 2 aromatic carbocycles. The van der Waals surface area contributed by atoms with Gasteiger partial charge in [-0.25, -0.2) is 4.98 Å². The number of carbonyl (C=O) groups is 1. The van der Waals surface area contributed by atoms with E-state index in [-0.39, 0.29) is 11.6 Å². The Bertz CT molecular complexity index is 1370. The summed E-state index contributed by atoms with van der Waals surface area (Å²) in [6.07, 6.45) is 4.04. The van der Waals surface area contributed by atoms with Crippen LogP contribution < -0.4 is 5.32 Å². The minimum Gasteiger partial charge on any atom is -0.313 e. The number of fused-ring (bicyclic) bond motifs is 2. The number of benzene rings is 2. The highest BCUT2D eigenvalue weighted by atomic mass is 32.1. The van der Waals surface area contributed by atoms with E-state index in [0.717, 1.165) is 57.4 Å². The summed E-state index contributed by atoms with van der Waals surface area (Å²) in [5.74, 6) is -0.244. The fourth-order valence-electron chi connectivity index (χ4n) is 4.05. The third-order valence-corrected chi connectivity index (χ3v) is 8.04. The Morgan fingerprint density at radius 3 is 2.74 bits per heavy atom. The van der Waals surface area contributed by atoms with Crippen LogP contribution in [0.1, 0.15) is 22.9 Å². The lowest BCUT2D eigenvalue weighted by molar-refractivity contribution is -0.384. The van der Waals surface area contributed by atoms with E-state index in [9.17, 15) is 14.9 Å². The molecular weight excluding hydrogens is 468 g/mol. The molecule has 1 aliphatic heterocycles. The highest BCUT2D eigenvalue weighted by Crippen LogP contribution is 2.45. The van der Waals surface area contributed by atoms with Crippen molar-refractivity contribution < 1.29 is 9.72 Å². The average Bonchev–Trinajstić information content (AvgIpc) is 3.42. The van der Waals surface area contributed by atoms with Gasteiger partial charge in [-0.05, 0) is 54.4 Å². The first-order valence-electron chi connectivity index (χ1n) is 11.0. The highest BCUT2D eigenvalue weighted by molar-refractivity contribution is 7.22. The van der Waals surface area contributed by atoms with Crippen LogP contribution in [-0.2, 0) is 17.8 Å². The molecule has 0 saturated heterocycles. The van der Waals surface area contributed by atoms with Gasteiger partial charge >= 0.3 is 0 Å². The molecular formula is C25H22N4O3S2. The summed E-state index contributed by atoms with van der Waals surface area (Å²) < 4.78 is 1.12. The lowest BCUT2D eigenvalue weighted by Crippen LogP contribution is -2.29. The van der Waals surface area contributed by atoms with Crippen molar-refractivity contribution >= 4 is 55.6 Å². The highest BCUT2D eigenvalue weighted by Gasteiger charge is 2.27. The van der Waals surface area contributed by atoms with E-state index in [1.165, 1.54) is 28.6 Å². The second kappa shape index (κ2) is 9.46. The SMILES string of the molecule is CCN1CCc2c(sc(NC(=O)C=Cc3ccc([N+](=O)[O-])cc3)c2-c2nc3ccccc3s2)C1. The number of nitrogens with one attached hydrogen (secondary N) is 1. The Morgan fingerprint density at radius 2 is 2.00 bits per heavy atom. The number of para-hydroxylation sites is 1. The Morgan fingerprint density at radius 1 is 1.21 bits per heavy atom. The molecule has 34 heavy (non-hydrogen) atoms. The number of carbonyl (C=O) groups excluding carboxylic acids is 1. The van der Waals surface area contributed by atoms with E-state index >= 15 is 0 Å². The number of nitrogens with zero attached hydrogens (tertiary/aromatic N) is 3. The molecule has 1 amide bonds. The molecule has 172 valence electrons. The Labute approximate surface area is 204 Å². The Balaban J connectivity index is 1.45. The van der Waals surface area contributed by atoms with Crippen LogP contribution in [-0.4, -0.2) is 33.8 Å². The molecule has 3 heterocycles. The standard InChI is InChI=1S/C25H22N4O3S2/c1-2-28-14-13-18-21(15-28)34-25(23(18)24-26-19-5-3-4-6-20(19)33-24)27-22(30)12-9-16-7-10-17(11-8-16)29(31)32/h3-12H,2,13-15H2,1H3,(H,27,30). The zero-order valence-electron chi connectivity index (χ0n) is 18.5. The van der Waals surface area contributed by atoms with Crippen molar-refractivity contribution in [3.63, 3.8) is 0 Å². The summed E-state index contributed by atoms with van der Waals surface area (Å²) in [6.45, 7) is 5.03. The van der Waals surface area contributed by atoms with Crippen molar-refractivity contribution in [2.45, 2.75) is 19.9 Å². The van der Waals surface area contributed by atoms with Crippen LogP contribution in [0.4, 0.5) is 10.7 Å². The molecule has 0 spiro atoms. The maximum absolute atomic E-state index is 12.8. The van der Waals surface area contributed by atoms with Gasteiger partial charge in [-0.15, -0.1) is 22.7 Å². The summed E-state index contributed by atoms with van der Waals surface area (Å²) in [6, 6.07) is 14.2. The molecule has 0 aliphatic carbocycles. The molecule has 0 saturated carbocycles. The van der Waals surface area contributed by atoms with Crippen molar-refractivity contribution in [1.82, 2.24) is 9.88 Å². The molecule has 7 nitrogen and oxygen atoms in total. The average molecular weight is 491 g/mol. The third kappa shape index (κ3) is 4.50. The van der Waals surface area contributed by atoms with E-state index in [1.807, 2.05) is 18.2 Å². The number of amides is 1. The minimum atomic E-state index is -0.442. The first-order chi connectivity index (χ1) is 16.5. The van der Waals surface area contributed by atoms with Crippen LogP contribution in [0.25, 0.3) is 26.9 Å². The number of rotatable bonds is 6. The maximum Gasteiger partial charge on any atom is 0.269 e. The molecule has 0 atom stereocenters. The van der Waals surface area contributed by atoms with E-state index in [4.69, 9.17) is 4.98 Å². The molecule has 9 heteroatoms. The largest absolute Gasteiger partial charge is 0.313 e. The van der Waals surface area contributed by atoms with Gasteiger partial charge in [-0.2, -0.15) is 0 Å². The second-order valence-corrected chi connectivity index (χ2v) is 10.1. The van der Waals surface area contributed by atoms with Crippen molar-refractivity contribution in [2.75, 3.05) is 18.4 Å². The number of thiazole rings is 1. The number of likely N-dealkylation sites (N-methyl/N-ethyl adjacent to an activating group) is 1. The van der Waals surface area contributed by atoms with E-state index in [1.54, 1.807) is 40.9 Å². The predicted molar refractivity (Wildman–Crippen MR) is 138 cm³/mol. The minimum absolute atomic E-state index is 0.0207. The zero-order valence-corrected chi connectivity index (χ0v) is 20.1. The first-order valence-corrected chi connectivity index (χ1v) is 12.6. The van der Waals surface area contributed by atoms with Crippen molar-refractivity contribution in [2.24, 2.45) is 0 Å².